The van der Waals surface area contributed by atoms with Gasteiger partial charge in [0.2, 0.25) is 5.91 Å². The minimum absolute atomic E-state index is 0.0777. The van der Waals surface area contributed by atoms with E-state index in [2.05, 4.69) is 12.2 Å². The largest absolute Gasteiger partial charge is 0.494 e. The summed E-state index contributed by atoms with van der Waals surface area (Å²) < 4.78 is 11.4. The van der Waals surface area contributed by atoms with Gasteiger partial charge in [-0.1, -0.05) is 35.9 Å². The summed E-state index contributed by atoms with van der Waals surface area (Å²) in [4.78, 5) is 12.3. The van der Waals surface area contributed by atoms with Gasteiger partial charge in [0.25, 0.3) is 0 Å². The maximum atomic E-state index is 12.3. The fourth-order valence-electron chi connectivity index (χ4n) is 2.90. The number of unbranched alkanes of at least 4 members (excludes halogenated alkanes) is 1. The van der Waals surface area contributed by atoms with Gasteiger partial charge in [-0.2, -0.15) is 0 Å². The van der Waals surface area contributed by atoms with Crippen molar-refractivity contribution in [3.8, 4) is 11.5 Å². The Bertz CT molecular complexity index is 697. The van der Waals surface area contributed by atoms with E-state index in [0.717, 1.165) is 36.3 Å². The number of hydrogen-bond donors (Lipinski definition) is 1. The maximum absolute atomic E-state index is 12.3. The number of ether oxygens (including phenoxy) is 2. The summed E-state index contributed by atoms with van der Waals surface area (Å²) in [6, 6.07) is 16.0. The summed E-state index contributed by atoms with van der Waals surface area (Å²) >= 11 is 0. The van der Waals surface area contributed by atoms with Crippen molar-refractivity contribution in [2.75, 3.05) is 19.8 Å². The lowest BCUT2D eigenvalue weighted by atomic mass is 9.96. The second-order valence-electron chi connectivity index (χ2n) is 6.48. The number of fused-ring (bicyclic) bond motifs is 1. The normalized spacial score (nSPS) is 15.8. The number of aryl methyl sites for hydroxylation is 1. The third-order valence-corrected chi connectivity index (χ3v) is 4.41. The van der Waals surface area contributed by atoms with Gasteiger partial charge in [-0.05, 0) is 49.9 Å². The molecule has 1 amide bonds. The van der Waals surface area contributed by atoms with Gasteiger partial charge in [0.15, 0.2) is 0 Å². The van der Waals surface area contributed by atoms with Gasteiger partial charge >= 0.3 is 0 Å². The molecular formula is C21H25NO3. The van der Waals surface area contributed by atoms with Gasteiger partial charge in [-0.15, -0.1) is 0 Å². The van der Waals surface area contributed by atoms with E-state index in [1.807, 2.05) is 48.5 Å². The van der Waals surface area contributed by atoms with Gasteiger partial charge in [0.05, 0.1) is 12.5 Å². The number of carbonyl (C=O) groups is 1. The molecule has 1 aliphatic rings. The second kappa shape index (κ2) is 8.56. The zero-order valence-corrected chi connectivity index (χ0v) is 14.7. The Kier molecular flexibility index (Phi) is 5.94. The highest BCUT2D eigenvalue weighted by molar-refractivity contribution is 5.79. The molecular weight excluding hydrogens is 314 g/mol. The molecule has 1 heterocycles. The van der Waals surface area contributed by atoms with E-state index in [0.29, 0.717) is 19.8 Å². The van der Waals surface area contributed by atoms with E-state index in [-0.39, 0.29) is 11.8 Å². The van der Waals surface area contributed by atoms with E-state index in [9.17, 15) is 4.79 Å². The number of benzene rings is 2. The van der Waals surface area contributed by atoms with Crippen LogP contribution in [-0.4, -0.2) is 25.7 Å². The first kappa shape index (κ1) is 17.3. The number of carbonyl (C=O) groups excluding carboxylic acids is 1. The van der Waals surface area contributed by atoms with Crippen LogP contribution in [0.4, 0.5) is 0 Å². The zero-order chi connectivity index (χ0) is 17.5. The molecule has 1 atom stereocenters. The minimum atomic E-state index is -0.0984. The van der Waals surface area contributed by atoms with Gasteiger partial charge in [-0.3, -0.25) is 4.79 Å². The van der Waals surface area contributed by atoms with E-state index in [1.165, 1.54) is 5.56 Å². The molecule has 1 aliphatic heterocycles. The average molecular weight is 339 g/mol. The lowest BCUT2D eigenvalue weighted by Gasteiger charge is -2.24. The smallest absolute Gasteiger partial charge is 0.226 e. The van der Waals surface area contributed by atoms with Crippen LogP contribution in [0.1, 0.15) is 24.0 Å². The molecule has 0 saturated carbocycles. The summed E-state index contributed by atoms with van der Waals surface area (Å²) in [6.45, 7) is 3.86. The van der Waals surface area contributed by atoms with Crippen molar-refractivity contribution in [2.24, 2.45) is 5.92 Å². The molecule has 2 aromatic carbocycles. The van der Waals surface area contributed by atoms with Crippen LogP contribution in [0.15, 0.2) is 48.5 Å². The lowest BCUT2D eigenvalue weighted by molar-refractivity contribution is -0.126. The molecule has 0 saturated heterocycles. The van der Waals surface area contributed by atoms with E-state index < -0.39 is 0 Å². The highest BCUT2D eigenvalue weighted by Gasteiger charge is 2.25. The molecule has 0 unspecified atom stereocenters. The monoisotopic (exact) mass is 339 g/mol. The van der Waals surface area contributed by atoms with Crippen molar-refractivity contribution in [3.63, 3.8) is 0 Å². The number of para-hydroxylation sites is 1. The number of rotatable bonds is 7. The van der Waals surface area contributed by atoms with Crippen molar-refractivity contribution in [1.29, 1.82) is 0 Å². The minimum Gasteiger partial charge on any atom is -0.494 e. The molecule has 132 valence electrons. The van der Waals surface area contributed by atoms with Gasteiger partial charge < -0.3 is 14.8 Å². The lowest BCUT2D eigenvalue weighted by Crippen LogP contribution is -2.37. The fourth-order valence-corrected chi connectivity index (χ4v) is 2.90. The summed E-state index contributed by atoms with van der Waals surface area (Å²) in [6.07, 6.45) is 2.57. The van der Waals surface area contributed by atoms with Crippen LogP contribution in [0.5, 0.6) is 11.5 Å². The average Bonchev–Trinajstić information content (AvgIpc) is 2.65. The molecule has 4 heteroatoms. The first-order chi connectivity index (χ1) is 12.2. The van der Waals surface area contributed by atoms with Crippen molar-refractivity contribution in [2.45, 2.75) is 26.2 Å². The summed E-state index contributed by atoms with van der Waals surface area (Å²) in [5, 5.41) is 3.01. The standard InChI is InChI=1S/C21H25NO3/c1-16-8-10-19(11-9-16)24-13-5-4-12-22-21(23)18-14-17-6-2-3-7-20(17)25-15-18/h2-3,6-11,18H,4-5,12-15H2,1H3,(H,22,23)/t18-/m0/s1. The second-order valence-corrected chi connectivity index (χ2v) is 6.48. The predicted molar refractivity (Wildman–Crippen MR) is 98.0 cm³/mol. The highest BCUT2D eigenvalue weighted by Crippen LogP contribution is 2.26. The number of nitrogens with one attached hydrogen (secondary N) is 1. The molecule has 2 aromatic rings. The van der Waals surface area contributed by atoms with Crippen LogP contribution in [0.25, 0.3) is 0 Å². The number of hydrogen-bond acceptors (Lipinski definition) is 3. The van der Waals surface area contributed by atoms with Crippen LogP contribution in [-0.2, 0) is 11.2 Å². The SMILES string of the molecule is Cc1ccc(OCCCCNC(=O)[C@@H]2COc3ccccc3C2)cc1. The Balaban J connectivity index is 1.31. The maximum Gasteiger partial charge on any atom is 0.226 e. The fraction of sp³-hybridized carbons (Fsp3) is 0.381. The molecule has 3 rings (SSSR count). The molecule has 0 spiro atoms. The summed E-state index contributed by atoms with van der Waals surface area (Å²) in [5.41, 5.74) is 2.34. The molecule has 0 aromatic heterocycles. The Labute approximate surface area is 149 Å². The Morgan fingerprint density at radius 1 is 1.16 bits per heavy atom. The predicted octanol–water partition coefficient (Wildman–Crippen LogP) is 3.52. The van der Waals surface area contributed by atoms with Crippen molar-refractivity contribution in [3.05, 3.63) is 59.7 Å². The first-order valence-corrected chi connectivity index (χ1v) is 8.90. The number of amides is 1. The van der Waals surface area contributed by atoms with E-state index in [1.54, 1.807) is 0 Å². The van der Waals surface area contributed by atoms with Crippen molar-refractivity contribution >= 4 is 5.91 Å². The van der Waals surface area contributed by atoms with E-state index >= 15 is 0 Å². The molecule has 0 radical (unpaired) electrons. The van der Waals surface area contributed by atoms with Gasteiger partial charge in [0, 0.05) is 6.54 Å². The third kappa shape index (κ3) is 4.99. The van der Waals surface area contributed by atoms with Crippen LogP contribution >= 0.6 is 0 Å². The molecule has 0 bridgehead atoms. The van der Waals surface area contributed by atoms with Crippen LogP contribution in [0.2, 0.25) is 0 Å². The van der Waals surface area contributed by atoms with E-state index in [4.69, 9.17) is 9.47 Å². The Hall–Kier alpha value is -2.49. The summed E-state index contributed by atoms with van der Waals surface area (Å²) in [5.74, 6) is 1.78. The van der Waals surface area contributed by atoms with Gasteiger partial charge in [0.1, 0.15) is 18.1 Å². The first-order valence-electron chi connectivity index (χ1n) is 8.90. The van der Waals surface area contributed by atoms with Crippen molar-refractivity contribution < 1.29 is 14.3 Å². The molecule has 0 fully saturated rings. The van der Waals surface area contributed by atoms with Crippen LogP contribution in [0, 0.1) is 12.8 Å². The van der Waals surface area contributed by atoms with Crippen molar-refractivity contribution in [1.82, 2.24) is 5.32 Å². The molecule has 1 N–H and O–H groups in total. The van der Waals surface area contributed by atoms with Gasteiger partial charge in [-0.25, -0.2) is 0 Å². The Morgan fingerprint density at radius 3 is 2.80 bits per heavy atom. The molecule has 25 heavy (non-hydrogen) atoms. The van der Waals surface area contributed by atoms with Crippen LogP contribution in [0.3, 0.4) is 0 Å². The quantitative estimate of drug-likeness (QED) is 0.785. The Morgan fingerprint density at radius 2 is 1.96 bits per heavy atom. The zero-order valence-electron chi connectivity index (χ0n) is 14.7. The highest BCUT2D eigenvalue weighted by atomic mass is 16.5. The summed E-state index contributed by atoms with van der Waals surface area (Å²) in [7, 11) is 0. The molecule has 4 nitrogen and oxygen atoms in total. The molecule has 0 aliphatic carbocycles. The van der Waals surface area contributed by atoms with Crippen LogP contribution < -0.4 is 14.8 Å². The third-order valence-electron chi connectivity index (χ3n) is 4.41. The topological polar surface area (TPSA) is 47.6 Å².